The first kappa shape index (κ1) is 15.0. The van der Waals surface area contributed by atoms with Crippen LogP contribution in [0.15, 0.2) is 42.5 Å². The summed E-state index contributed by atoms with van der Waals surface area (Å²) in [5.41, 5.74) is 1.74. The fourth-order valence-corrected chi connectivity index (χ4v) is 2.29. The molecule has 0 aliphatic heterocycles. The molecule has 0 aliphatic rings. The first-order valence-electron chi connectivity index (χ1n) is 6.96. The summed E-state index contributed by atoms with van der Waals surface area (Å²) in [6, 6.07) is 13.0. The van der Waals surface area contributed by atoms with Gasteiger partial charge in [-0.2, -0.15) is 0 Å². The van der Waals surface area contributed by atoms with Crippen molar-refractivity contribution < 1.29 is 14.6 Å². The molecule has 2 N–H and O–H groups in total. The molecular weight excluding hydrogens is 266 g/mol. The van der Waals surface area contributed by atoms with Crippen molar-refractivity contribution in [1.82, 2.24) is 0 Å². The molecule has 0 saturated carbocycles. The third-order valence-electron chi connectivity index (χ3n) is 3.46. The Morgan fingerprint density at radius 3 is 2.48 bits per heavy atom. The molecule has 0 amide bonds. The second kappa shape index (κ2) is 6.88. The van der Waals surface area contributed by atoms with Crippen LogP contribution in [0.2, 0.25) is 0 Å². The Morgan fingerprint density at radius 1 is 1.10 bits per heavy atom. The third-order valence-corrected chi connectivity index (χ3v) is 3.46. The van der Waals surface area contributed by atoms with E-state index in [1.807, 2.05) is 36.4 Å². The predicted octanol–water partition coefficient (Wildman–Crippen LogP) is 3.97. The maximum Gasteiger partial charge on any atom is 0.145 e. The van der Waals surface area contributed by atoms with Gasteiger partial charge in [-0.15, -0.1) is 0 Å². The number of methoxy groups -OCH3 is 2. The van der Waals surface area contributed by atoms with Crippen molar-refractivity contribution >= 4 is 5.69 Å². The van der Waals surface area contributed by atoms with Gasteiger partial charge in [0.25, 0.3) is 0 Å². The van der Waals surface area contributed by atoms with Crippen LogP contribution in [0.3, 0.4) is 0 Å². The number of nitrogens with one attached hydrogen (secondary N) is 1. The minimum atomic E-state index is 0.00787. The van der Waals surface area contributed by atoms with Crippen molar-refractivity contribution in [2.24, 2.45) is 0 Å². The van der Waals surface area contributed by atoms with Crippen molar-refractivity contribution in [2.75, 3.05) is 19.5 Å². The molecule has 21 heavy (non-hydrogen) atoms. The van der Waals surface area contributed by atoms with E-state index in [0.29, 0.717) is 11.5 Å². The van der Waals surface area contributed by atoms with E-state index in [1.54, 1.807) is 20.3 Å². The van der Waals surface area contributed by atoms with Crippen LogP contribution >= 0.6 is 0 Å². The van der Waals surface area contributed by atoms with Crippen LogP contribution < -0.4 is 14.8 Å². The third kappa shape index (κ3) is 3.40. The maximum absolute atomic E-state index is 10.0. The fraction of sp³-hybridized carbons (Fsp3) is 0.294. The first-order valence-corrected chi connectivity index (χ1v) is 6.96. The second-order valence-electron chi connectivity index (χ2n) is 4.73. The van der Waals surface area contributed by atoms with Crippen LogP contribution in [0.25, 0.3) is 0 Å². The summed E-state index contributed by atoms with van der Waals surface area (Å²) in [6.07, 6.45) is 0.840. The summed E-state index contributed by atoms with van der Waals surface area (Å²) in [6.45, 7) is 2.07. The smallest absolute Gasteiger partial charge is 0.145 e. The molecule has 0 fully saturated rings. The average molecular weight is 287 g/mol. The minimum absolute atomic E-state index is 0.00787. The minimum Gasteiger partial charge on any atom is -0.508 e. The molecule has 112 valence electrons. The summed E-state index contributed by atoms with van der Waals surface area (Å²) < 4.78 is 10.6. The number of phenolic OH excluding ortho intramolecular Hbond substituents is 1. The van der Waals surface area contributed by atoms with E-state index in [9.17, 15) is 5.11 Å². The largest absolute Gasteiger partial charge is 0.508 e. The van der Waals surface area contributed by atoms with Crippen molar-refractivity contribution in [3.63, 3.8) is 0 Å². The summed E-state index contributed by atoms with van der Waals surface area (Å²) in [7, 11) is 3.25. The van der Waals surface area contributed by atoms with Crippen LogP contribution in [-0.2, 0) is 0 Å². The zero-order chi connectivity index (χ0) is 15.2. The van der Waals surface area contributed by atoms with Crippen LogP contribution in [-0.4, -0.2) is 19.3 Å². The van der Waals surface area contributed by atoms with Gasteiger partial charge in [-0.25, -0.2) is 0 Å². The predicted molar refractivity (Wildman–Crippen MR) is 84.3 cm³/mol. The van der Waals surface area contributed by atoms with Crippen LogP contribution in [0.4, 0.5) is 5.69 Å². The lowest BCUT2D eigenvalue weighted by molar-refractivity contribution is 0.395. The van der Waals surface area contributed by atoms with Gasteiger partial charge in [0, 0.05) is 11.6 Å². The lowest BCUT2D eigenvalue weighted by atomic mass is 10.0. The van der Waals surface area contributed by atoms with Crippen LogP contribution in [0, 0.1) is 0 Å². The highest BCUT2D eigenvalue weighted by molar-refractivity contribution is 5.60. The zero-order valence-electron chi connectivity index (χ0n) is 12.6. The Hall–Kier alpha value is -2.36. The number of benzene rings is 2. The summed E-state index contributed by atoms with van der Waals surface area (Å²) >= 11 is 0. The molecule has 1 unspecified atom stereocenters. The molecule has 4 heteroatoms. The van der Waals surface area contributed by atoms with Gasteiger partial charge >= 0.3 is 0 Å². The maximum atomic E-state index is 10.0. The Kier molecular flexibility index (Phi) is 4.93. The molecule has 0 bridgehead atoms. The molecule has 1 atom stereocenters. The number of rotatable bonds is 6. The highest BCUT2D eigenvalue weighted by Crippen LogP contribution is 2.34. The quantitative estimate of drug-likeness (QED) is 0.844. The molecule has 2 rings (SSSR count). The van der Waals surface area contributed by atoms with Crippen molar-refractivity contribution in [3.8, 4) is 17.2 Å². The van der Waals surface area contributed by atoms with Crippen molar-refractivity contribution in [1.29, 1.82) is 0 Å². The van der Waals surface area contributed by atoms with E-state index in [2.05, 4.69) is 12.2 Å². The molecule has 0 saturated heterocycles. The molecule has 0 heterocycles. The summed E-state index contributed by atoms with van der Waals surface area (Å²) in [4.78, 5) is 0. The topological polar surface area (TPSA) is 50.7 Å². The number of anilines is 1. The molecule has 2 aromatic carbocycles. The Bertz CT molecular complexity index is 598. The van der Waals surface area contributed by atoms with Gasteiger partial charge in [0.1, 0.15) is 17.2 Å². The molecule has 4 nitrogen and oxygen atoms in total. The lowest BCUT2D eigenvalue weighted by Gasteiger charge is -2.21. The first-order chi connectivity index (χ1) is 10.2. The monoisotopic (exact) mass is 287 g/mol. The van der Waals surface area contributed by atoms with Crippen LogP contribution in [0.1, 0.15) is 24.9 Å². The Labute approximate surface area is 125 Å². The van der Waals surface area contributed by atoms with E-state index < -0.39 is 0 Å². The number of ether oxygens (including phenoxy) is 2. The average Bonchev–Trinajstić information content (AvgIpc) is 2.53. The van der Waals surface area contributed by atoms with Gasteiger partial charge in [-0.3, -0.25) is 0 Å². The number of phenols is 1. The van der Waals surface area contributed by atoms with E-state index >= 15 is 0 Å². The summed E-state index contributed by atoms with van der Waals surface area (Å²) in [5.74, 6) is 1.75. The lowest BCUT2D eigenvalue weighted by Crippen LogP contribution is -2.10. The molecule has 0 aromatic heterocycles. The number of para-hydroxylation sites is 1. The molecule has 2 aromatic rings. The highest BCUT2D eigenvalue weighted by Gasteiger charge is 2.15. The molecule has 0 radical (unpaired) electrons. The number of hydrogen-bond donors (Lipinski definition) is 2. The standard InChI is InChI=1S/C17H21NO3/c1-4-14(13-7-5-6-8-16(13)19)18-15-10-9-12(20-2)11-17(15)21-3/h5-11,14,18-19H,4H2,1-3H3. The highest BCUT2D eigenvalue weighted by atomic mass is 16.5. The second-order valence-corrected chi connectivity index (χ2v) is 4.73. The van der Waals surface area contributed by atoms with E-state index in [-0.39, 0.29) is 6.04 Å². The van der Waals surface area contributed by atoms with Gasteiger partial charge < -0.3 is 19.9 Å². The Morgan fingerprint density at radius 2 is 1.86 bits per heavy atom. The molecule has 0 spiro atoms. The summed E-state index contributed by atoms with van der Waals surface area (Å²) in [5, 5.41) is 13.4. The Balaban J connectivity index is 2.29. The van der Waals surface area contributed by atoms with E-state index in [1.165, 1.54) is 0 Å². The van der Waals surface area contributed by atoms with Gasteiger partial charge in [0.2, 0.25) is 0 Å². The van der Waals surface area contributed by atoms with Crippen LogP contribution in [0.5, 0.6) is 17.2 Å². The normalized spacial score (nSPS) is 11.8. The molecular formula is C17H21NO3. The van der Waals surface area contributed by atoms with Crippen molar-refractivity contribution in [2.45, 2.75) is 19.4 Å². The van der Waals surface area contributed by atoms with Gasteiger partial charge in [-0.05, 0) is 24.6 Å². The van der Waals surface area contributed by atoms with Gasteiger partial charge in [-0.1, -0.05) is 25.1 Å². The SMILES string of the molecule is CCC(Nc1ccc(OC)cc1OC)c1ccccc1O. The number of hydrogen-bond acceptors (Lipinski definition) is 4. The van der Waals surface area contributed by atoms with Crippen molar-refractivity contribution in [3.05, 3.63) is 48.0 Å². The van der Waals surface area contributed by atoms with E-state index in [0.717, 1.165) is 23.4 Å². The fourth-order valence-electron chi connectivity index (χ4n) is 2.29. The van der Waals surface area contributed by atoms with Gasteiger partial charge in [0.15, 0.2) is 0 Å². The zero-order valence-corrected chi connectivity index (χ0v) is 12.6. The van der Waals surface area contributed by atoms with Gasteiger partial charge in [0.05, 0.1) is 25.9 Å². The number of aromatic hydroxyl groups is 1. The molecule has 0 aliphatic carbocycles. The van der Waals surface area contributed by atoms with E-state index in [4.69, 9.17) is 9.47 Å².